The van der Waals surface area contributed by atoms with Crippen LogP contribution in [0.25, 0.3) is 0 Å². The van der Waals surface area contributed by atoms with Crippen LogP contribution in [0.4, 0.5) is 11.0 Å². The summed E-state index contributed by atoms with van der Waals surface area (Å²) in [5.74, 6) is 0.226. The molecule has 118 valence electrons. The molecule has 1 atom stereocenters. The van der Waals surface area contributed by atoms with E-state index in [0.29, 0.717) is 5.88 Å². The first-order valence-corrected chi connectivity index (χ1v) is 8.81. The molecule has 1 aliphatic heterocycles. The number of carbonyl (C=O) groups excluding carboxylic acids is 1. The van der Waals surface area contributed by atoms with Gasteiger partial charge in [-0.15, -0.1) is 10.2 Å². The quantitative estimate of drug-likeness (QED) is 0.838. The lowest BCUT2D eigenvalue weighted by Crippen LogP contribution is -2.22. The van der Waals surface area contributed by atoms with Gasteiger partial charge in [-0.1, -0.05) is 28.3 Å². The highest BCUT2D eigenvalue weighted by Gasteiger charge is 2.21. The minimum Gasteiger partial charge on any atom is -0.347 e. The Bertz CT molecular complexity index is 650. The van der Waals surface area contributed by atoms with Crippen LogP contribution in [0.2, 0.25) is 0 Å². The van der Waals surface area contributed by atoms with Gasteiger partial charge >= 0.3 is 0 Å². The van der Waals surface area contributed by atoms with Gasteiger partial charge in [0.1, 0.15) is 0 Å². The molecule has 2 aromatic rings. The third-order valence-electron chi connectivity index (χ3n) is 3.29. The highest BCUT2D eigenvalue weighted by Crippen LogP contribution is 2.32. The Morgan fingerprint density at radius 1 is 1.45 bits per heavy atom. The predicted octanol–water partition coefficient (Wildman–Crippen LogP) is 2.55. The van der Waals surface area contributed by atoms with E-state index in [1.807, 2.05) is 6.92 Å². The summed E-state index contributed by atoms with van der Waals surface area (Å²) in [6.07, 6.45) is 2.41. The zero-order chi connectivity index (χ0) is 15.5. The van der Waals surface area contributed by atoms with Crippen molar-refractivity contribution in [3.05, 3.63) is 11.8 Å². The Morgan fingerprint density at radius 2 is 2.23 bits per heavy atom. The number of nitrogens with zero attached hydrogens (tertiary/aromatic N) is 4. The average molecular weight is 339 g/mol. The van der Waals surface area contributed by atoms with E-state index >= 15 is 0 Å². The van der Waals surface area contributed by atoms with Crippen LogP contribution < -0.4 is 10.2 Å². The number of rotatable bonds is 5. The maximum absolute atomic E-state index is 12.1. The number of thioether (sulfide) groups is 1. The van der Waals surface area contributed by atoms with Gasteiger partial charge in [0.2, 0.25) is 16.9 Å². The van der Waals surface area contributed by atoms with Crippen LogP contribution in [0.1, 0.15) is 25.5 Å². The first-order valence-electron chi connectivity index (χ1n) is 7.11. The molecule has 3 heterocycles. The molecule has 1 saturated heterocycles. The molecule has 0 radical (unpaired) electrons. The normalized spacial score (nSPS) is 16.0. The largest absolute Gasteiger partial charge is 0.347 e. The van der Waals surface area contributed by atoms with Gasteiger partial charge in [-0.05, 0) is 26.7 Å². The molecular formula is C13H17N5O2S2. The van der Waals surface area contributed by atoms with Gasteiger partial charge in [0.15, 0.2) is 4.34 Å². The summed E-state index contributed by atoms with van der Waals surface area (Å²) in [5, 5.41) is 15.5. The molecule has 2 aromatic heterocycles. The topological polar surface area (TPSA) is 84.2 Å². The average Bonchev–Trinajstić information content (AvgIpc) is 3.20. The summed E-state index contributed by atoms with van der Waals surface area (Å²) in [5.41, 5.74) is 0.731. The molecule has 22 heavy (non-hydrogen) atoms. The van der Waals surface area contributed by atoms with Gasteiger partial charge in [-0.25, -0.2) is 0 Å². The number of hydrogen-bond donors (Lipinski definition) is 1. The van der Waals surface area contributed by atoms with Crippen LogP contribution >= 0.6 is 23.1 Å². The van der Waals surface area contributed by atoms with Gasteiger partial charge in [-0.2, -0.15) is 0 Å². The van der Waals surface area contributed by atoms with E-state index in [9.17, 15) is 4.79 Å². The van der Waals surface area contributed by atoms with Crippen molar-refractivity contribution >= 4 is 40.0 Å². The standard InChI is InChI=1S/C13H17N5O2S2/c1-8-7-10(20-17-8)14-11(19)9(2)21-13-16-15-12(22-13)18-5-3-4-6-18/h7,9H,3-6H2,1-2H3,(H,14,19)/t9-/m1/s1. The monoisotopic (exact) mass is 339 g/mol. The summed E-state index contributed by atoms with van der Waals surface area (Å²) < 4.78 is 5.79. The van der Waals surface area contributed by atoms with Crippen LogP contribution in [0, 0.1) is 6.92 Å². The molecule has 1 N–H and O–H groups in total. The smallest absolute Gasteiger partial charge is 0.240 e. The van der Waals surface area contributed by atoms with E-state index in [4.69, 9.17) is 4.52 Å². The zero-order valence-electron chi connectivity index (χ0n) is 12.4. The van der Waals surface area contributed by atoms with Crippen molar-refractivity contribution in [1.82, 2.24) is 15.4 Å². The number of anilines is 2. The molecule has 1 aliphatic rings. The van der Waals surface area contributed by atoms with E-state index in [1.165, 1.54) is 35.9 Å². The molecule has 1 fully saturated rings. The third-order valence-corrected chi connectivity index (χ3v) is 5.46. The second-order valence-electron chi connectivity index (χ2n) is 5.13. The Balaban J connectivity index is 1.56. The highest BCUT2D eigenvalue weighted by atomic mass is 32.2. The fourth-order valence-corrected chi connectivity index (χ4v) is 4.17. The molecule has 1 amide bonds. The van der Waals surface area contributed by atoms with Crippen molar-refractivity contribution in [2.24, 2.45) is 0 Å². The second-order valence-corrected chi connectivity index (χ2v) is 7.67. The summed E-state index contributed by atoms with van der Waals surface area (Å²) in [6, 6.07) is 1.69. The number of nitrogens with one attached hydrogen (secondary N) is 1. The Kier molecular flexibility index (Phi) is 4.63. The number of aryl methyl sites for hydroxylation is 1. The first-order chi connectivity index (χ1) is 10.6. The maximum Gasteiger partial charge on any atom is 0.240 e. The molecule has 7 nitrogen and oxygen atoms in total. The SMILES string of the molecule is Cc1cc(NC(=O)[C@@H](C)Sc2nnc(N3CCCC3)s2)on1. The van der Waals surface area contributed by atoms with Crippen LogP contribution in [0.15, 0.2) is 14.9 Å². The van der Waals surface area contributed by atoms with Crippen molar-refractivity contribution in [3.63, 3.8) is 0 Å². The van der Waals surface area contributed by atoms with E-state index in [-0.39, 0.29) is 11.2 Å². The van der Waals surface area contributed by atoms with Crippen molar-refractivity contribution in [1.29, 1.82) is 0 Å². The van der Waals surface area contributed by atoms with Crippen molar-refractivity contribution in [2.45, 2.75) is 36.3 Å². The summed E-state index contributed by atoms with van der Waals surface area (Å²) >= 11 is 2.94. The fourth-order valence-electron chi connectivity index (χ4n) is 2.14. The summed E-state index contributed by atoms with van der Waals surface area (Å²) in [6.45, 7) is 5.72. The Hall–Kier alpha value is -1.61. The zero-order valence-corrected chi connectivity index (χ0v) is 14.0. The van der Waals surface area contributed by atoms with Crippen LogP contribution in [-0.4, -0.2) is 39.6 Å². The summed E-state index contributed by atoms with van der Waals surface area (Å²) in [7, 11) is 0. The highest BCUT2D eigenvalue weighted by molar-refractivity contribution is 8.02. The predicted molar refractivity (Wildman–Crippen MR) is 86.5 cm³/mol. The minimum atomic E-state index is -0.287. The Morgan fingerprint density at radius 3 is 2.91 bits per heavy atom. The van der Waals surface area contributed by atoms with E-state index < -0.39 is 0 Å². The van der Waals surface area contributed by atoms with Gasteiger partial charge < -0.3 is 9.42 Å². The number of aromatic nitrogens is 3. The first kappa shape index (κ1) is 15.3. The van der Waals surface area contributed by atoms with E-state index in [2.05, 4.69) is 25.6 Å². The van der Waals surface area contributed by atoms with E-state index in [0.717, 1.165) is 28.3 Å². The lowest BCUT2D eigenvalue weighted by Gasteiger charge is -2.11. The number of hydrogen-bond acceptors (Lipinski definition) is 8. The van der Waals surface area contributed by atoms with Gasteiger partial charge in [0.05, 0.1) is 10.9 Å². The molecule has 0 unspecified atom stereocenters. The van der Waals surface area contributed by atoms with Crippen LogP contribution in [0.5, 0.6) is 0 Å². The van der Waals surface area contributed by atoms with Crippen molar-refractivity contribution in [3.8, 4) is 0 Å². The van der Waals surface area contributed by atoms with Crippen molar-refractivity contribution < 1.29 is 9.32 Å². The third kappa shape index (κ3) is 3.58. The molecule has 0 aliphatic carbocycles. The molecule has 0 spiro atoms. The lowest BCUT2D eigenvalue weighted by atomic mass is 10.4. The maximum atomic E-state index is 12.1. The van der Waals surface area contributed by atoms with Crippen molar-refractivity contribution in [2.75, 3.05) is 23.3 Å². The van der Waals surface area contributed by atoms with Gasteiger partial charge in [0.25, 0.3) is 0 Å². The minimum absolute atomic E-state index is 0.140. The van der Waals surface area contributed by atoms with E-state index in [1.54, 1.807) is 13.0 Å². The van der Waals surface area contributed by atoms with Crippen LogP contribution in [0.3, 0.4) is 0 Å². The molecule has 0 saturated carbocycles. The fraction of sp³-hybridized carbons (Fsp3) is 0.538. The molecule has 0 aromatic carbocycles. The molecular weight excluding hydrogens is 322 g/mol. The van der Waals surface area contributed by atoms with Gasteiger partial charge in [-0.3, -0.25) is 10.1 Å². The number of amides is 1. The van der Waals surface area contributed by atoms with Gasteiger partial charge in [0, 0.05) is 19.2 Å². The van der Waals surface area contributed by atoms with Crippen LogP contribution in [-0.2, 0) is 4.79 Å². The summed E-state index contributed by atoms with van der Waals surface area (Å²) in [4.78, 5) is 14.4. The molecule has 9 heteroatoms. The molecule has 3 rings (SSSR count). The Labute approximate surface area is 136 Å². The second kappa shape index (κ2) is 6.66. The lowest BCUT2D eigenvalue weighted by molar-refractivity contribution is -0.115. The number of carbonyl (C=O) groups is 1. The molecule has 0 bridgehead atoms.